The zero-order valence-electron chi connectivity index (χ0n) is 23.8. The Morgan fingerprint density at radius 2 is 1.63 bits per heavy atom. The molecule has 1 saturated carbocycles. The number of para-hydroxylation sites is 1. The molecule has 0 radical (unpaired) electrons. The molecule has 0 saturated heterocycles. The minimum Gasteiger partial charge on any atom is -0.352 e. The molecule has 0 aromatic heterocycles. The van der Waals surface area contributed by atoms with Crippen molar-refractivity contribution in [2.75, 3.05) is 10.8 Å². The van der Waals surface area contributed by atoms with Gasteiger partial charge in [-0.25, -0.2) is 12.8 Å². The fourth-order valence-electron chi connectivity index (χ4n) is 5.30. The first-order chi connectivity index (χ1) is 19.6. The van der Waals surface area contributed by atoms with Crippen molar-refractivity contribution in [3.8, 4) is 0 Å². The summed E-state index contributed by atoms with van der Waals surface area (Å²) >= 11 is 0. The van der Waals surface area contributed by atoms with Crippen molar-refractivity contribution in [1.29, 1.82) is 0 Å². The number of nitrogens with one attached hydrogen (secondary N) is 1. The van der Waals surface area contributed by atoms with Gasteiger partial charge in [0.25, 0.3) is 10.0 Å². The average Bonchev–Trinajstić information content (AvgIpc) is 3.45. The number of halogens is 1. The SMILES string of the molecule is CC[C@@H](C(=O)NC1CCCC1)N(Cc1cccc(C)c1)C(=O)CN(c1ccccc1F)S(=O)(=O)c1ccc(C)cc1. The van der Waals surface area contributed by atoms with Gasteiger partial charge in [-0.15, -0.1) is 0 Å². The topological polar surface area (TPSA) is 86.8 Å². The van der Waals surface area contributed by atoms with Crippen LogP contribution in [0.2, 0.25) is 0 Å². The lowest BCUT2D eigenvalue weighted by atomic mass is 10.1. The van der Waals surface area contributed by atoms with Crippen LogP contribution in [0.5, 0.6) is 0 Å². The highest BCUT2D eigenvalue weighted by molar-refractivity contribution is 7.92. The summed E-state index contributed by atoms with van der Waals surface area (Å²) in [5, 5.41) is 3.09. The van der Waals surface area contributed by atoms with Crippen LogP contribution < -0.4 is 9.62 Å². The van der Waals surface area contributed by atoms with E-state index in [1.807, 2.05) is 45.0 Å². The van der Waals surface area contributed by atoms with Gasteiger partial charge in [0.2, 0.25) is 11.8 Å². The van der Waals surface area contributed by atoms with Crippen molar-refractivity contribution in [1.82, 2.24) is 10.2 Å². The third-order valence-electron chi connectivity index (χ3n) is 7.53. The standard InChI is InChI=1S/C32H38FN3O4S/c1-4-29(32(38)34-26-12-5-6-13-26)35(21-25-11-9-10-24(3)20-25)31(37)22-36(30-15-8-7-14-28(30)33)41(39,40)27-18-16-23(2)17-19-27/h7-11,14-20,26,29H,4-6,12-13,21-22H2,1-3H3,(H,34,38)/t29-/m0/s1. The smallest absolute Gasteiger partial charge is 0.264 e. The molecular weight excluding hydrogens is 541 g/mol. The number of amides is 2. The van der Waals surface area contributed by atoms with Crippen LogP contribution in [0.25, 0.3) is 0 Å². The molecule has 3 aromatic rings. The fourth-order valence-corrected chi connectivity index (χ4v) is 6.72. The summed E-state index contributed by atoms with van der Waals surface area (Å²) in [5.41, 5.74) is 2.43. The highest BCUT2D eigenvalue weighted by Gasteiger charge is 2.35. The number of benzene rings is 3. The molecule has 2 amide bonds. The quantitative estimate of drug-likeness (QED) is 0.325. The number of sulfonamides is 1. The van der Waals surface area contributed by atoms with Crippen molar-refractivity contribution in [2.45, 2.75) is 76.4 Å². The van der Waals surface area contributed by atoms with Crippen molar-refractivity contribution in [2.24, 2.45) is 0 Å². The molecule has 1 aliphatic carbocycles. The highest BCUT2D eigenvalue weighted by atomic mass is 32.2. The van der Waals surface area contributed by atoms with Gasteiger partial charge in [-0.2, -0.15) is 0 Å². The van der Waals surface area contributed by atoms with Crippen molar-refractivity contribution in [3.63, 3.8) is 0 Å². The predicted octanol–water partition coefficient (Wildman–Crippen LogP) is 5.50. The third kappa shape index (κ3) is 7.33. The lowest BCUT2D eigenvalue weighted by Gasteiger charge is -2.34. The van der Waals surface area contributed by atoms with Gasteiger partial charge >= 0.3 is 0 Å². The molecular formula is C32H38FN3O4S. The summed E-state index contributed by atoms with van der Waals surface area (Å²) in [6, 6.07) is 18.5. The Bertz CT molecular complexity index is 1470. The zero-order valence-corrected chi connectivity index (χ0v) is 24.7. The van der Waals surface area contributed by atoms with Gasteiger partial charge in [0.1, 0.15) is 18.4 Å². The van der Waals surface area contributed by atoms with Crippen LogP contribution in [-0.2, 0) is 26.2 Å². The molecule has 0 heterocycles. The Labute approximate surface area is 242 Å². The second-order valence-corrected chi connectivity index (χ2v) is 12.6. The predicted molar refractivity (Wildman–Crippen MR) is 158 cm³/mol. The van der Waals surface area contributed by atoms with Crippen LogP contribution in [0.1, 0.15) is 55.7 Å². The van der Waals surface area contributed by atoms with E-state index in [4.69, 9.17) is 0 Å². The summed E-state index contributed by atoms with van der Waals surface area (Å²) in [4.78, 5) is 29.0. The molecule has 0 aliphatic heterocycles. The van der Waals surface area contributed by atoms with Gasteiger partial charge in [0.05, 0.1) is 10.6 Å². The molecule has 4 rings (SSSR count). The minimum absolute atomic E-state index is 0.0595. The monoisotopic (exact) mass is 579 g/mol. The minimum atomic E-state index is -4.33. The van der Waals surface area contributed by atoms with E-state index in [9.17, 15) is 18.0 Å². The lowest BCUT2D eigenvalue weighted by Crippen LogP contribution is -2.53. The van der Waals surface area contributed by atoms with Crippen LogP contribution >= 0.6 is 0 Å². The third-order valence-corrected chi connectivity index (χ3v) is 9.31. The van der Waals surface area contributed by atoms with Gasteiger partial charge < -0.3 is 10.2 Å². The second-order valence-electron chi connectivity index (χ2n) is 10.7. The molecule has 218 valence electrons. The van der Waals surface area contributed by atoms with Crippen molar-refractivity contribution >= 4 is 27.5 Å². The molecule has 9 heteroatoms. The summed E-state index contributed by atoms with van der Waals surface area (Å²) in [6.45, 7) is 5.03. The Morgan fingerprint density at radius 3 is 2.27 bits per heavy atom. The normalized spacial score (nSPS) is 14.4. The van der Waals surface area contributed by atoms with Gasteiger partial charge in [0, 0.05) is 12.6 Å². The summed E-state index contributed by atoms with van der Waals surface area (Å²) in [7, 11) is -4.33. The Balaban J connectivity index is 1.72. The zero-order chi connectivity index (χ0) is 29.6. The number of nitrogens with zero attached hydrogens (tertiary/aromatic N) is 2. The number of hydrogen-bond donors (Lipinski definition) is 1. The van der Waals surface area contributed by atoms with E-state index in [1.165, 1.54) is 35.2 Å². The van der Waals surface area contributed by atoms with Crippen LogP contribution in [0.3, 0.4) is 0 Å². The second kappa shape index (κ2) is 13.3. The number of aryl methyl sites for hydroxylation is 2. The Morgan fingerprint density at radius 1 is 0.951 bits per heavy atom. The molecule has 3 aromatic carbocycles. The molecule has 0 unspecified atom stereocenters. The fraction of sp³-hybridized carbons (Fsp3) is 0.375. The maximum absolute atomic E-state index is 15.1. The number of hydrogen-bond acceptors (Lipinski definition) is 4. The Kier molecular flexibility index (Phi) is 9.81. The summed E-state index contributed by atoms with van der Waals surface area (Å²) in [5.74, 6) is -1.63. The van der Waals surface area contributed by atoms with E-state index < -0.39 is 34.3 Å². The first-order valence-electron chi connectivity index (χ1n) is 14.1. The van der Waals surface area contributed by atoms with Crippen molar-refractivity contribution in [3.05, 3.63) is 95.3 Å². The average molecular weight is 580 g/mol. The van der Waals surface area contributed by atoms with Crippen LogP contribution in [-0.4, -0.2) is 43.8 Å². The first-order valence-corrected chi connectivity index (χ1v) is 15.5. The largest absolute Gasteiger partial charge is 0.352 e. The molecule has 0 bridgehead atoms. The lowest BCUT2D eigenvalue weighted by molar-refractivity contribution is -0.140. The van der Waals surface area contributed by atoms with Crippen molar-refractivity contribution < 1.29 is 22.4 Å². The molecule has 7 nitrogen and oxygen atoms in total. The van der Waals surface area contributed by atoms with E-state index in [-0.39, 0.29) is 29.1 Å². The summed E-state index contributed by atoms with van der Waals surface area (Å²) in [6.07, 6.45) is 4.21. The molecule has 1 fully saturated rings. The van der Waals surface area contributed by atoms with E-state index in [2.05, 4.69) is 5.32 Å². The van der Waals surface area contributed by atoms with E-state index in [1.54, 1.807) is 12.1 Å². The molecule has 1 N–H and O–H groups in total. The highest BCUT2D eigenvalue weighted by Crippen LogP contribution is 2.27. The van der Waals surface area contributed by atoms with E-state index in [0.29, 0.717) is 6.42 Å². The molecule has 1 atom stereocenters. The number of rotatable bonds is 11. The van der Waals surface area contributed by atoms with Crippen LogP contribution in [0.4, 0.5) is 10.1 Å². The van der Waals surface area contributed by atoms with E-state index >= 15 is 4.39 Å². The van der Waals surface area contributed by atoms with Gasteiger partial charge in [0.15, 0.2) is 0 Å². The van der Waals surface area contributed by atoms with E-state index in [0.717, 1.165) is 52.7 Å². The maximum atomic E-state index is 15.1. The van der Waals surface area contributed by atoms with Crippen LogP contribution in [0, 0.1) is 19.7 Å². The maximum Gasteiger partial charge on any atom is 0.264 e. The molecule has 1 aliphatic rings. The Hall–Kier alpha value is -3.72. The van der Waals surface area contributed by atoms with Gasteiger partial charge in [-0.05, 0) is 62.9 Å². The number of carbonyl (C=O) groups excluding carboxylic acids is 2. The molecule has 41 heavy (non-hydrogen) atoms. The number of anilines is 1. The first kappa shape index (κ1) is 30.2. The summed E-state index contributed by atoms with van der Waals surface area (Å²) < 4.78 is 43.6. The molecule has 0 spiro atoms. The van der Waals surface area contributed by atoms with Gasteiger partial charge in [-0.1, -0.05) is 79.4 Å². The van der Waals surface area contributed by atoms with Crippen LogP contribution in [0.15, 0.2) is 77.7 Å². The number of carbonyl (C=O) groups is 2. The van der Waals surface area contributed by atoms with Gasteiger partial charge in [-0.3, -0.25) is 13.9 Å².